The van der Waals surface area contributed by atoms with E-state index < -0.39 is 159 Å². The maximum Gasteiger partial charge on any atom is 0.490 e. The molecule has 3 saturated heterocycles. The van der Waals surface area contributed by atoms with Gasteiger partial charge in [-0.15, -0.1) is 0 Å². The van der Waals surface area contributed by atoms with E-state index in [0.29, 0.717) is 5.75 Å². The molecule has 6 unspecified atom stereocenters. The Morgan fingerprint density at radius 2 is 1.06 bits per heavy atom. The predicted molar refractivity (Wildman–Crippen MR) is 254 cm³/mol. The number of nitrogens with one attached hydrogen (secondary N) is 3. The monoisotopic (exact) mass is 1320 g/mol. The van der Waals surface area contributed by atoms with Gasteiger partial charge in [-0.3, -0.25) is 33.3 Å². The van der Waals surface area contributed by atoms with Crippen LogP contribution in [0, 0.1) is 5.41 Å². The lowest BCUT2D eigenvalue weighted by molar-refractivity contribution is -0.115. The number of imidazole rings is 1. The zero-order chi connectivity index (χ0) is 61.3. The van der Waals surface area contributed by atoms with Crippen LogP contribution >= 0.6 is 54.8 Å². The van der Waals surface area contributed by atoms with Gasteiger partial charge in [-0.1, -0.05) is 0 Å². The zero-order valence-corrected chi connectivity index (χ0v) is 47.0. The molecule has 0 saturated carbocycles. The van der Waals surface area contributed by atoms with E-state index >= 15 is 0 Å². The second kappa shape index (κ2) is 26.2. The van der Waals surface area contributed by atoms with Crippen molar-refractivity contribution in [2.75, 3.05) is 26.9 Å². The summed E-state index contributed by atoms with van der Waals surface area (Å²) < 4.78 is 143. The van der Waals surface area contributed by atoms with E-state index in [2.05, 4.69) is 50.1 Å². The van der Waals surface area contributed by atoms with Gasteiger partial charge in [0.05, 0.1) is 45.1 Å². The Bertz CT molecular complexity index is 3450. The Morgan fingerprint density at radius 3 is 1.57 bits per heavy atom. The second-order valence-electron chi connectivity index (χ2n) is 16.6. The van der Waals surface area contributed by atoms with Crippen LogP contribution < -0.4 is 26.2 Å². The van der Waals surface area contributed by atoms with Crippen LogP contribution in [0.3, 0.4) is 0 Å². The first-order valence-corrected chi connectivity index (χ1v) is 32.3. The lowest BCUT2D eigenvalue weighted by Gasteiger charge is -2.21. The van der Waals surface area contributed by atoms with Crippen molar-refractivity contribution in [1.82, 2.24) is 29.1 Å². The van der Waals surface area contributed by atoms with E-state index in [4.69, 9.17) is 43.8 Å². The molecule has 43 nitrogen and oxygen atoms in total. The van der Waals surface area contributed by atoms with Gasteiger partial charge in [0.15, 0.2) is 17.4 Å². The number of aryl methyl sites for hydroxylation is 1. The molecule has 0 spiro atoms. The second-order valence-corrected chi connectivity index (χ2v) is 27.2. The standard InChI is InChI=1S/C21H30N2O23P4.C11H18N5O13P3/c1-38-9-2-4-10(5-3-9)41-20-17(27)15(25)13(43-20)8-40-48(32,33)45-50(36,37)46-49(34,35)44-47(30,31)39-7-12-14(24)16(26)18(42-12)11-6-22-21(29)23-19(11)28;1-15-3-14-10-6(9(15)12)13-4-16(10)11-8(18)7(17)5(27-11)2-26-31(22,23)29-32(24,25)28-30(19,20)21/h2-6,12-18,20,24-27H,7-8H2,1H3,(H,30,31)(H,32,33)(H,34,35)(H,36,37)(H2,22,23,28,29);3-5,7-8,11-12,17-18H,2H2,1H3,(H,22,23)(H,24,25)(H2,19,20,21)/t12-,13-,14-,15-,16-,17-,18+,20-;5-,7-,8-,11-/m11/s1. The summed E-state index contributed by atoms with van der Waals surface area (Å²) in [6, 6.07) is 5.88. The minimum Gasteiger partial charge on any atom is -0.497 e. The van der Waals surface area contributed by atoms with Gasteiger partial charge in [0.2, 0.25) is 6.29 Å². The van der Waals surface area contributed by atoms with E-state index in [-0.39, 0.29) is 28.0 Å². The molecule has 3 aliphatic rings. The first-order chi connectivity index (χ1) is 37.7. The third-order valence-corrected chi connectivity index (χ3v) is 20.4. The summed E-state index contributed by atoms with van der Waals surface area (Å²) >= 11 is 0. The molecule has 82 heavy (non-hydrogen) atoms. The number of hydrogen-bond donors (Lipinski definition) is 17. The number of aromatic nitrogens is 6. The molecule has 4 aromatic rings. The molecular formula is C32H48N7O36P7. The van der Waals surface area contributed by atoms with Gasteiger partial charge < -0.3 is 103 Å². The molecule has 6 heterocycles. The maximum absolute atomic E-state index is 12.3. The molecule has 0 bridgehead atoms. The van der Waals surface area contributed by atoms with Crippen molar-refractivity contribution in [3.63, 3.8) is 0 Å². The summed E-state index contributed by atoms with van der Waals surface area (Å²) in [6.07, 6.45) is -16.4. The summed E-state index contributed by atoms with van der Waals surface area (Å²) in [7, 11) is -37.7. The van der Waals surface area contributed by atoms with Crippen LogP contribution in [0.4, 0.5) is 0 Å². The van der Waals surface area contributed by atoms with Gasteiger partial charge in [0, 0.05) is 13.2 Å². The number of phosphoric acid groups is 7. The number of ether oxygens (including phenoxy) is 5. The van der Waals surface area contributed by atoms with Crippen LogP contribution in [0.1, 0.15) is 17.9 Å². The largest absolute Gasteiger partial charge is 0.497 e. The Morgan fingerprint density at radius 1 is 0.598 bits per heavy atom. The lowest BCUT2D eigenvalue weighted by Crippen LogP contribution is -2.35. The van der Waals surface area contributed by atoms with Crippen LogP contribution in [-0.2, 0) is 88.3 Å². The predicted octanol–water partition coefficient (Wildman–Crippen LogP) is -3.54. The summed E-state index contributed by atoms with van der Waals surface area (Å²) in [6.45, 7) is -3.26. The number of hydrogen-bond acceptors (Lipinski definition) is 31. The molecule has 7 rings (SSSR count). The highest BCUT2D eigenvalue weighted by Gasteiger charge is 2.51. The third kappa shape index (κ3) is 18.0. The average Bonchev–Trinajstić information content (AvgIpc) is 4.27. The number of nitrogens with zero attached hydrogens (tertiary/aromatic N) is 4. The molecule has 462 valence electrons. The van der Waals surface area contributed by atoms with E-state index in [9.17, 15) is 96.7 Å². The SMILES string of the molecule is COc1ccc(O[C@@H]2O[C@H](COP(=O)(O)OP(=O)(O)OP(=O)(O)OP(=O)(O)OC[C@H]3O[C@@H](c4c[nH]c(=O)[nH]c4=O)[C@H](O)[C@@H]3O)[C@@H](O)[C@H]2O)cc1.Cn1cnc2c(ncn2[C@@H]2O[C@H](COP(=O)(O)OP(=O)(O)OP(=O)(O)O)[C@@H](O)[C@H]2O)c1=N. The van der Waals surface area contributed by atoms with Crippen molar-refractivity contribution in [2.24, 2.45) is 7.05 Å². The zero-order valence-electron chi connectivity index (χ0n) is 40.8. The van der Waals surface area contributed by atoms with Crippen LogP contribution in [-0.4, -0.2) is 187 Å². The minimum absolute atomic E-state index is 0.00555. The number of phosphoric ester groups is 3. The number of H-pyrrole nitrogens is 2. The molecule has 3 fully saturated rings. The van der Waals surface area contributed by atoms with Gasteiger partial charge in [-0.2, -0.15) is 21.6 Å². The van der Waals surface area contributed by atoms with Crippen LogP contribution in [0.5, 0.6) is 11.5 Å². The third-order valence-electron chi connectivity index (χ3n) is 10.7. The fourth-order valence-electron chi connectivity index (χ4n) is 7.09. The van der Waals surface area contributed by atoms with Crippen LogP contribution in [0.2, 0.25) is 0 Å². The van der Waals surface area contributed by atoms with Crippen molar-refractivity contribution < 1.29 is 161 Å². The van der Waals surface area contributed by atoms with Crippen molar-refractivity contribution in [3.05, 3.63) is 75.0 Å². The fraction of sp³-hybridized carbons (Fsp3) is 0.531. The van der Waals surface area contributed by atoms with Crippen LogP contribution in [0.15, 0.2) is 52.7 Å². The van der Waals surface area contributed by atoms with Gasteiger partial charge >= 0.3 is 60.4 Å². The first kappa shape index (κ1) is 67.6. The molecule has 3 aliphatic heterocycles. The topological polar surface area (TPSA) is 648 Å². The number of aromatic amines is 2. The van der Waals surface area contributed by atoms with Crippen molar-refractivity contribution >= 4 is 65.9 Å². The number of methoxy groups -OCH3 is 1. The van der Waals surface area contributed by atoms with Crippen LogP contribution in [0.25, 0.3) is 11.2 Å². The Kier molecular flexibility index (Phi) is 21.6. The van der Waals surface area contributed by atoms with Gasteiger partial charge in [0.1, 0.15) is 78.1 Å². The molecular weight excluding hydrogens is 1280 g/mol. The lowest BCUT2D eigenvalue weighted by atomic mass is 10.0. The van der Waals surface area contributed by atoms with Crippen molar-refractivity contribution in [3.8, 4) is 11.5 Å². The molecule has 17 N–H and O–H groups in total. The average molecular weight is 1320 g/mol. The maximum atomic E-state index is 12.3. The Labute approximate surface area is 454 Å². The van der Waals surface area contributed by atoms with E-state index in [1.165, 1.54) is 53.2 Å². The van der Waals surface area contributed by atoms with Gasteiger partial charge in [-0.25, -0.2) is 46.7 Å². The van der Waals surface area contributed by atoms with Gasteiger partial charge in [0.25, 0.3) is 5.56 Å². The quantitative estimate of drug-likeness (QED) is 0.0302. The molecule has 18 atom stereocenters. The first-order valence-electron chi connectivity index (χ1n) is 21.8. The highest BCUT2D eigenvalue weighted by molar-refractivity contribution is 7.69. The minimum atomic E-state index is -6.20. The Balaban J connectivity index is 0.000000290. The number of rotatable bonds is 24. The molecule has 1 aromatic carbocycles. The highest BCUT2D eigenvalue weighted by atomic mass is 31.3. The van der Waals surface area contributed by atoms with E-state index in [0.717, 1.165) is 6.20 Å². The highest BCUT2D eigenvalue weighted by Crippen LogP contribution is 2.72. The summed E-state index contributed by atoms with van der Waals surface area (Å²) in [4.78, 5) is 110. The number of aliphatic hydroxyl groups is 6. The normalized spacial score (nSPS) is 30.2. The number of fused-ring (bicyclic) bond motifs is 1. The van der Waals surface area contributed by atoms with Gasteiger partial charge in [-0.05, 0) is 24.3 Å². The molecule has 0 radical (unpaired) electrons. The number of benzene rings is 1. The molecule has 0 amide bonds. The van der Waals surface area contributed by atoms with Crippen molar-refractivity contribution in [2.45, 2.75) is 73.6 Å². The summed E-state index contributed by atoms with van der Waals surface area (Å²) in [5.74, 6) is 0.628. The summed E-state index contributed by atoms with van der Waals surface area (Å²) in [5, 5.41) is 69.3. The van der Waals surface area contributed by atoms with Crippen molar-refractivity contribution in [1.29, 1.82) is 5.41 Å². The summed E-state index contributed by atoms with van der Waals surface area (Å²) in [5.41, 5.74) is -1.98. The Hall–Kier alpha value is -3.54. The smallest absolute Gasteiger partial charge is 0.490 e. The molecule has 0 aliphatic carbocycles. The fourth-order valence-corrected chi connectivity index (χ4v) is 15.1. The van der Waals surface area contributed by atoms with E-state index in [1.807, 2.05) is 4.98 Å². The molecule has 3 aromatic heterocycles. The van der Waals surface area contributed by atoms with E-state index in [1.54, 1.807) is 7.05 Å². The number of aliphatic hydroxyl groups excluding tert-OH is 6. The molecule has 50 heteroatoms.